The number of hydrogen-bond donors (Lipinski definition) is 0. The highest BCUT2D eigenvalue weighted by Gasteiger charge is 2.43. The molecule has 2 unspecified atom stereocenters. The average Bonchev–Trinajstić information content (AvgIpc) is 2.88. The second-order valence-electron chi connectivity index (χ2n) is 9.21. The van der Waals surface area contributed by atoms with Crippen LogP contribution in [0.4, 0.5) is 5.69 Å². The van der Waals surface area contributed by atoms with Gasteiger partial charge in [0, 0.05) is 30.0 Å². The number of methoxy groups -OCH3 is 1. The first-order chi connectivity index (χ1) is 17.0. The van der Waals surface area contributed by atoms with Crippen LogP contribution in [0.15, 0.2) is 90.1 Å². The zero-order chi connectivity index (χ0) is 24.5. The molecule has 1 heterocycles. The fraction of sp³-hybridized carbons (Fsp3) is 0.233. The van der Waals surface area contributed by atoms with Gasteiger partial charge >= 0.3 is 5.97 Å². The van der Waals surface area contributed by atoms with Gasteiger partial charge in [-0.2, -0.15) is 0 Å². The van der Waals surface area contributed by atoms with Crippen molar-refractivity contribution in [3.63, 3.8) is 0 Å². The molecule has 5 nitrogen and oxygen atoms in total. The number of para-hydroxylation sites is 1. The molecule has 0 aromatic heterocycles. The van der Waals surface area contributed by atoms with Crippen LogP contribution in [0.25, 0.3) is 0 Å². The number of esters is 1. The number of aryl methyl sites for hydroxylation is 1. The van der Waals surface area contributed by atoms with Gasteiger partial charge in [0.2, 0.25) is 5.91 Å². The van der Waals surface area contributed by atoms with Crippen molar-refractivity contribution >= 4 is 23.3 Å². The van der Waals surface area contributed by atoms with Crippen LogP contribution in [-0.2, 0) is 14.3 Å². The number of carbonyl (C=O) groups excluding carboxylic acids is 3. The number of hydrogen-bond acceptors (Lipinski definition) is 4. The topological polar surface area (TPSA) is 63.7 Å². The Morgan fingerprint density at radius 1 is 0.857 bits per heavy atom. The fourth-order valence-corrected chi connectivity index (χ4v) is 5.40. The Balaban J connectivity index is 1.70. The summed E-state index contributed by atoms with van der Waals surface area (Å²) in [5.41, 5.74) is 5.26. The minimum atomic E-state index is -0.516. The average molecular weight is 466 g/mol. The number of Topliss-reactive ketones (excluding diaryl/α,β-unsaturated/α-hetero) is 1. The van der Waals surface area contributed by atoms with E-state index in [0.717, 1.165) is 16.7 Å². The normalized spacial score (nSPS) is 20.0. The van der Waals surface area contributed by atoms with Crippen LogP contribution in [0, 0.1) is 6.92 Å². The van der Waals surface area contributed by atoms with Gasteiger partial charge in [-0.05, 0) is 42.5 Å². The molecule has 0 fully saturated rings. The summed E-state index contributed by atoms with van der Waals surface area (Å²) in [4.78, 5) is 41.7. The predicted octanol–water partition coefficient (Wildman–Crippen LogP) is 5.70. The number of ether oxygens (including phenoxy) is 1. The summed E-state index contributed by atoms with van der Waals surface area (Å²) in [5.74, 6) is -0.937. The van der Waals surface area contributed by atoms with Gasteiger partial charge in [0.25, 0.3) is 0 Å². The molecule has 35 heavy (non-hydrogen) atoms. The van der Waals surface area contributed by atoms with Gasteiger partial charge in [0.1, 0.15) is 0 Å². The van der Waals surface area contributed by atoms with Crippen LogP contribution in [0.2, 0.25) is 0 Å². The number of anilines is 1. The summed E-state index contributed by atoms with van der Waals surface area (Å²) in [6.45, 7) is 2.01. The number of nitrogens with zero attached hydrogens (tertiary/aromatic N) is 1. The molecule has 0 spiro atoms. The molecule has 1 aliphatic carbocycles. The number of ketones is 1. The Morgan fingerprint density at radius 2 is 1.57 bits per heavy atom. The summed E-state index contributed by atoms with van der Waals surface area (Å²) >= 11 is 0. The molecule has 3 aromatic carbocycles. The van der Waals surface area contributed by atoms with E-state index < -0.39 is 5.97 Å². The van der Waals surface area contributed by atoms with E-state index in [1.165, 1.54) is 7.11 Å². The van der Waals surface area contributed by atoms with Crippen LogP contribution in [0.1, 0.15) is 58.1 Å². The highest BCUT2D eigenvalue weighted by Crippen LogP contribution is 2.47. The first-order valence-electron chi connectivity index (χ1n) is 11.9. The van der Waals surface area contributed by atoms with Crippen molar-refractivity contribution in [2.24, 2.45) is 0 Å². The van der Waals surface area contributed by atoms with E-state index in [-0.39, 0.29) is 29.9 Å². The summed E-state index contributed by atoms with van der Waals surface area (Å²) in [7, 11) is 1.32. The van der Waals surface area contributed by atoms with E-state index in [2.05, 4.69) is 6.07 Å². The van der Waals surface area contributed by atoms with Gasteiger partial charge in [-0.15, -0.1) is 0 Å². The Bertz CT molecular complexity index is 1340. The molecule has 2 atom stereocenters. The lowest BCUT2D eigenvalue weighted by atomic mass is 9.72. The molecular formula is C30H27NO4. The van der Waals surface area contributed by atoms with Crippen LogP contribution in [-0.4, -0.2) is 24.8 Å². The summed E-state index contributed by atoms with van der Waals surface area (Å²) in [6, 6.07) is 24.9. The molecular weight excluding hydrogens is 438 g/mol. The van der Waals surface area contributed by atoms with Gasteiger partial charge < -0.3 is 4.74 Å². The van der Waals surface area contributed by atoms with Crippen LogP contribution in [0.5, 0.6) is 0 Å². The van der Waals surface area contributed by atoms with Crippen molar-refractivity contribution < 1.29 is 19.1 Å². The number of benzene rings is 3. The third-order valence-electron chi connectivity index (χ3n) is 7.00. The maximum atomic E-state index is 13.8. The van der Waals surface area contributed by atoms with Crippen molar-refractivity contribution in [1.29, 1.82) is 0 Å². The van der Waals surface area contributed by atoms with Crippen molar-refractivity contribution in [3.8, 4) is 0 Å². The lowest BCUT2D eigenvalue weighted by molar-refractivity contribution is -0.120. The predicted molar refractivity (Wildman–Crippen MR) is 134 cm³/mol. The summed E-state index contributed by atoms with van der Waals surface area (Å²) < 4.78 is 4.99. The summed E-state index contributed by atoms with van der Waals surface area (Å²) in [6.07, 6.45) is 1.10. The molecule has 3 aromatic rings. The molecule has 0 saturated heterocycles. The molecule has 5 heteroatoms. The molecule has 0 radical (unpaired) electrons. The summed E-state index contributed by atoms with van der Waals surface area (Å²) in [5, 5.41) is 0. The fourth-order valence-electron chi connectivity index (χ4n) is 5.40. The van der Waals surface area contributed by atoms with Gasteiger partial charge in [-0.3, -0.25) is 14.5 Å². The van der Waals surface area contributed by atoms with Crippen LogP contribution >= 0.6 is 0 Å². The number of amides is 1. The second-order valence-corrected chi connectivity index (χ2v) is 9.21. The first kappa shape index (κ1) is 22.8. The highest BCUT2D eigenvalue weighted by atomic mass is 16.5. The molecule has 176 valence electrons. The number of carbonyl (C=O) groups is 3. The molecule has 1 aliphatic heterocycles. The molecule has 5 rings (SSSR count). The third kappa shape index (κ3) is 4.18. The number of rotatable bonds is 4. The lowest BCUT2D eigenvalue weighted by Crippen LogP contribution is -2.42. The van der Waals surface area contributed by atoms with E-state index in [1.54, 1.807) is 29.2 Å². The van der Waals surface area contributed by atoms with Crippen molar-refractivity contribution in [2.45, 2.75) is 38.0 Å². The van der Waals surface area contributed by atoms with E-state index in [4.69, 9.17) is 4.74 Å². The van der Waals surface area contributed by atoms with Crippen LogP contribution < -0.4 is 4.90 Å². The molecule has 2 aliphatic rings. The zero-order valence-corrected chi connectivity index (χ0v) is 19.9. The number of allylic oxidation sites excluding steroid dienone is 2. The van der Waals surface area contributed by atoms with Gasteiger partial charge in [0.15, 0.2) is 5.78 Å². The molecule has 1 amide bonds. The van der Waals surface area contributed by atoms with E-state index in [0.29, 0.717) is 35.4 Å². The molecule has 0 saturated carbocycles. The quantitative estimate of drug-likeness (QED) is 0.464. The van der Waals surface area contributed by atoms with Crippen molar-refractivity contribution in [1.82, 2.24) is 0 Å². The first-order valence-corrected chi connectivity index (χ1v) is 11.9. The van der Waals surface area contributed by atoms with Gasteiger partial charge in [-0.25, -0.2) is 4.79 Å². The molecule has 0 bridgehead atoms. The Hall–Kier alpha value is -3.99. The van der Waals surface area contributed by atoms with Crippen LogP contribution in [0.3, 0.4) is 0 Å². The smallest absolute Gasteiger partial charge is 0.339 e. The minimum Gasteiger partial charge on any atom is -0.465 e. The monoisotopic (exact) mass is 465 g/mol. The van der Waals surface area contributed by atoms with E-state index in [9.17, 15) is 14.4 Å². The highest BCUT2D eigenvalue weighted by molar-refractivity contribution is 6.10. The van der Waals surface area contributed by atoms with E-state index in [1.807, 2.05) is 55.5 Å². The Morgan fingerprint density at radius 3 is 2.31 bits per heavy atom. The maximum Gasteiger partial charge on any atom is 0.339 e. The Kier molecular flexibility index (Phi) is 6.08. The largest absolute Gasteiger partial charge is 0.465 e. The minimum absolute atomic E-state index is 0.0423. The maximum absolute atomic E-state index is 13.8. The zero-order valence-electron chi connectivity index (χ0n) is 19.9. The standard InChI is InChI=1S/C30H27NO4/c1-19-9-8-12-21(15-19)24-18-28(33)31(25-14-7-6-13-23(25)30(34)35-2)26-16-22(17-27(32)29(24)26)20-10-4-3-5-11-20/h3-15,22,24H,16-18H2,1-2H3. The van der Waals surface area contributed by atoms with Gasteiger partial charge in [-0.1, -0.05) is 72.3 Å². The lowest BCUT2D eigenvalue weighted by Gasteiger charge is -2.41. The Labute approximate surface area is 205 Å². The SMILES string of the molecule is COC(=O)c1ccccc1N1C(=O)CC(c2cccc(C)c2)C2=C1CC(c1ccccc1)CC2=O. The van der Waals surface area contributed by atoms with Gasteiger partial charge in [0.05, 0.1) is 18.4 Å². The molecule has 0 N–H and O–H groups in total. The second kappa shape index (κ2) is 9.34. The van der Waals surface area contributed by atoms with Crippen molar-refractivity contribution in [3.05, 3.63) is 112 Å². The third-order valence-corrected chi connectivity index (χ3v) is 7.00. The van der Waals surface area contributed by atoms with E-state index >= 15 is 0 Å². The van der Waals surface area contributed by atoms with Crippen molar-refractivity contribution in [2.75, 3.05) is 12.0 Å².